The molecule has 2 aromatic heterocycles. The zero-order chi connectivity index (χ0) is 25.1. The molecule has 0 spiro atoms. The number of hydrogen-bond acceptors (Lipinski definition) is 9. The van der Waals surface area contributed by atoms with Crippen LogP contribution in [0.25, 0.3) is 11.0 Å². The predicted octanol–water partition coefficient (Wildman–Crippen LogP) is 1.01. The van der Waals surface area contributed by atoms with E-state index in [1.807, 2.05) is 30.3 Å². The van der Waals surface area contributed by atoms with Gasteiger partial charge in [-0.05, 0) is 37.2 Å². The molecule has 3 aromatic rings. The van der Waals surface area contributed by atoms with Crippen LogP contribution in [0.5, 0.6) is 11.5 Å². The summed E-state index contributed by atoms with van der Waals surface area (Å²) in [6.45, 7) is 3.45. The van der Waals surface area contributed by atoms with E-state index in [2.05, 4.69) is 25.5 Å². The molecule has 2 aliphatic rings. The SMILES string of the molecule is COc1ccc2ncc(=O)n(CCN3CC[C@H](NCc4ccc5c(n4)NC(=O)CO5)[C@@H](OC)C3)c2c1. The minimum Gasteiger partial charge on any atom is -0.497 e. The average Bonchev–Trinajstić information content (AvgIpc) is 2.90. The fourth-order valence-electron chi connectivity index (χ4n) is 4.74. The third-order valence-corrected chi connectivity index (χ3v) is 6.72. The molecule has 5 rings (SSSR count). The van der Waals surface area contributed by atoms with Crippen LogP contribution in [0.15, 0.2) is 41.3 Å². The smallest absolute Gasteiger partial charge is 0.269 e. The van der Waals surface area contributed by atoms with Crippen LogP contribution in [-0.2, 0) is 22.6 Å². The summed E-state index contributed by atoms with van der Waals surface area (Å²) >= 11 is 0. The largest absolute Gasteiger partial charge is 0.497 e. The molecule has 11 heteroatoms. The van der Waals surface area contributed by atoms with Crippen LogP contribution in [0.1, 0.15) is 12.1 Å². The summed E-state index contributed by atoms with van der Waals surface area (Å²) < 4.78 is 18.3. The van der Waals surface area contributed by atoms with Gasteiger partial charge >= 0.3 is 0 Å². The Morgan fingerprint density at radius 3 is 2.92 bits per heavy atom. The number of carbonyl (C=O) groups excluding carboxylic acids is 1. The second-order valence-corrected chi connectivity index (χ2v) is 8.94. The van der Waals surface area contributed by atoms with E-state index in [4.69, 9.17) is 14.2 Å². The summed E-state index contributed by atoms with van der Waals surface area (Å²) in [4.78, 5) is 35.2. The maximum atomic E-state index is 12.6. The number of aromatic nitrogens is 3. The minimum atomic E-state index is -0.201. The molecule has 1 amide bonds. The van der Waals surface area contributed by atoms with E-state index < -0.39 is 0 Å². The molecule has 0 aliphatic carbocycles. The van der Waals surface area contributed by atoms with Gasteiger partial charge in [-0.2, -0.15) is 0 Å². The van der Waals surface area contributed by atoms with Crippen molar-refractivity contribution in [2.75, 3.05) is 45.8 Å². The van der Waals surface area contributed by atoms with Crippen LogP contribution in [0.2, 0.25) is 0 Å². The molecular weight excluding hydrogens is 464 g/mol. The van der Waals surface area contributed by atoms with Gasteiger partial charge in [0, 0.05) is 45.4 Å². The highest BCUT2D eigenvalue weighted by molar-refractivity contribution is 5.94. The Bertz CT molecular complexity index is 1310. The number of hydrogen-bond donors (Lipinski definition) is 2. The molecule has 1 fully saturated rings. The average molecular weight is 495 g/mol. The van der Waals surface area contributed by atoms with Gasteiger partial charge in [0.25, 0.3) is 11.5 Å². The normalized spacial score (nSPS) is 20.0. The number of anilines is 1. The van der Waals surface area contributed by atoms with Crippen molar-refractivity contribution >= 4 is 22.8 Å². The Hall–Kier alpha value is -3.54. The van der Waals surface area contributed by atoms with Crippen LogP contribution < -0.4 is 25.7 Å². The van der Waals surface area contributed by atoms with Crippen molar-refractivity contribution < 1.29 is 19.0 Å². The number of fused-ring (bicyclic) bond motifs is 2. The first-order valence-corrected chi connectivity index (χ1v) is 12.0. The lowest BCUT2D eigenvalue weighted by Crippen LogP contribution is -2.53. The summed E-state index contributed by atoms with van der Waals surface area (Å²) in [5.41, 5.74) is 2.21. The van der Waals surface area contributed by atoms with E-state index in [1.165, 1.54) is 6.20 Å². The summed E-state index contributed by atoms with van der Waals surface area (Å²) in [6.07, 6.45) is 2.25. The first kappa shape index (κ1) is 24.2. The third-order valence-electron chi connectivity index (χ3n) is 6.72. The summed E-state index contributed by atoms with van der Waals surface area (Å²) in [7, 11) is 3.33. The van der Waals surface area contributed by atoms with Gasteiger partial charge in [-0.1, -0.05) is 0 Å². The second kappa shape index (κ2) is 10.6. The number of ether oxygens (including phenoxy) is 3. The maximum Gasteiger partial charge on any atom is 0.269 e. The van der Waals surface area contributed by atoms with Crippen LogP contribution in [0.4, 0.5) is 5.82 Å². The Kier molecular flexibility index (Phi) is 7.12. The summed E-state index contributed by atoms with van der Waals surface area (Å²) in [6, 6.07) is 9.43. The number of nitrogens with zero attached hydrogens (tertiary/aromatic N) is 4. The van der Waals surface area contributed by atoms with Gasteiger partial charge in [0.1, 0.15) is 5.75 Å². The fraction of sp³-hybridized carbons (Fsp3) is 0.440. The molecule has 36 heavy (non-hydrogen) atoms. The molecule has 1 saturated heterocycles. The predicted molar refractivity (Wildman–Crippen MR) is 133 cm³/mol. The van der Waals surface area contributed by atoms with E-state index in [0.717, 1.165) is 42.8 Å². The Balaban J connectivity index is 1.19. The van der Waals surface area contributed by atoms with Crippen molar-refractivity contribution in [1.82, 2.24) is 24.8 Å². The maximum absolute atomic E-state index is 12.6. The molecule has 0 unspecified atom stereocenters. The molecule has 190 valence electrons. The lowest BCUT2D eigenvalue weighted by molar-refractivity contribution is -0.118. The quantitative estimate of drug-likeness (QED) is 0.473. The molecule has 0 radical (unpaired) electrons. The number of amides is 1. The molecule has 2 aliphatic heterocycles. The van der Waals surface area contributed by atoms with Gasteiger partial charge in [0.05, 0.1) is 36.1 Å². The fourth-order valence-corrected chi connectivity index (χ4v) is 4.74. The minimum absolute atomic E-state index is 0.00888. The zero-order valence-electron chi connectivity index (χ0n) is 20.4. The first-order chi connectivity index (χ1) is 17.5. The molecule has 2 N–H and O–H groups in total. The monoisotopic (exact) mass is 494 g/mol. The highest BCUT2D eigenvalue weighted by Crippen LogP contribution is 2.25. The molecule has 0 bridgehead atoms. The lowest BCUT2D eigenvalue weighted by atomic mass is 10.0. The van der Waals surface area contributed by atoms with Crippen molar-refractivity contribution in [2.24, 2.45) is 0 Å². The number of likely N-dealkylation sites (tertiary alicyclic amines) is 1. The summed E-state index contributed by atoms with van der Waals surface area (Å²) in [5.74, 6) is 1.53. The molecule has 4 heterocycles. The van der Waals surface area contributed by atoms with Crippen molar-refractivity contribution in [3.05, 3.63) is 52.6 Å². The van der Waals surface area contributed by atoms with Gasteiger partial charge in [-0.3, -0.25) is 14.5 Å². The molecule has 11 nitrogen and oxygen atoms in total. The highest BCUT2D eigenvalue weighted by atomic mass is 16.5. The van der Waals surface area contributed by atoms with E-state index >= 15 is 0 Å². The summed E-state index contributed by atoms with van der Waals surface area (Å²) in [5, 5.41) is 6.30. The highest BCUT2D eigenvalue weighted by Gasteiger charge is 2.29. The standard InChI is InChI=1S/C25H30N6O5/c1-34-17-4-5-18-20(11-17)31(24(33)13-27-18)10-9-30-8-7-19(22(14-30)35-2)26-12-16-3-6-21-25(28-16)29-23(32)15-36-21/h3-6,11,13,19,22,26H,7-10,12,14-15H2,1-2H3,(H,28,29,32)/t19-,22-/m0/s1. The van der Waals surface area contributed by atoms with Crippen molar-refractivity contribution in [3.63, 3.8) is 0 Å². The molecule has 0 saturated carbocycles. The van der Waals surface area contributed by atoms with E-state index in [-0.39, 0.29) is 30.2 Å². The zero-order valence-corrected chi connectivity index (χ0v) is 20.4. The van der Waals surface area contributed by atoms with Crippen LogP contribution in [0.3, 0.4) is 0 Å². The van der Waals surface area contributed by atoms with E-state index in [9.17, 15) is 9.59 Å². The van der Waals surface area contributed by atoms with E-state index in [1.54, 1.807) is 18.8 Å². The van der Waals surface area contributed by atoms with Gasteiger partial charge in [0.2, 0.25) is 0 Å². The number of benzene rings is 1. The second-order valence-electron chi connectivity index (χ2n) is 8.94. The lowest BCUT2D eigenvalue weighted by Gasteiger charge is -2.38. The first-order valence-electron chi connectivity index (χ1n) is 12.0. The van der Waals surface area contributed by atoms with Crippen molar-refractivity contribution in [1.29, 1.82) is 0 Å². The Morgan fingerprint density at radius 1 is 1.19 bits per heavy atom. The molecular formula is C25H30N6O5. The van der Waals surface area contributed by atoms with E-state index in [0.29, 0.717) is 30.4 Å². The van der Waals surface area contributed by atoms with Gasteiger partial charge in [-0.15, -0.1) is 0 Å². The van der Waals surface area contributed by atoms with Crippen LogP contribution in [0, 0.1) is 0 Å². The molecule has 2 atom stereocenters. The van der Waals surface area contributed by atoms with Crippen molar-refractivity contribution in [2.45, 2.75) is 31.7 Å². The number of carbonyl (C=O) groups is 1. The van der Waals surface area contributed by atoms with Crippen LogP contribution >= 0.6 is 0 Å². The number of nitrogens with one attached hydrogen (secondary N) is 2. The number of rotatable bonds is 8. The van der Waals surface area contributed by atoms with Gasteiger partial charge in [-0.25, -0.2) is 9.97 Å². The van der Waals surface area contributed by atoms with Crippen molar-refractivity contribution in [3.8, 4) is 11.5 Å². The number of pyridine rings is 1. The van der Waals surface area contributed by atoms with Gasteiger partial charge < -0.3 is 29.4 Å². The van der Waals surface area contributed by atoms with Crippen LogP contribution in [-0.4, -0.2) is 77.9 Å². The topological polar surface area (TPSA) is 120 Å². The molecule has 1 aromatic carbocycles. The third kappa shape index (κ3) is 5.18. The Labute approximate surface area is 208 Å². The number of piperidine rings is 1. The van der Waals surface area contributed by atoms with Gasteiger partial charge in [0.15, 0.2) is 18.2 Å². The number of methoxy groups -OCH3 is 2. The Morgan fingerprint density at radius 2 is 2.08 bits per heavy atom.